The number of nitrogens with two attached hydrogens (primary N) is 1. The number of unbranched alkanes of at least 4 members (excludes halogenated alkanes) is 16. The quantitative estimate of drug-likeness (QED) is 0.0917. The van der Waals surface area contributed by atoms with Crippen molar-refractivity contribution in [2.45, 2.75) is 148 Å². The summed E-state index contributed by atoms with van der Waals surface area (Å²) in [5.41, 5.74) is 5.47. The fourth-order valence-electron chi connectivity index (χ4n) is 4.40. The van der Waals surface area contributed by atoms with Crippen LogP contribution in [0.5, 0.6) is 0 Å². The fraction of sp³-hybridized carbons (Fsp3) is 0.897. The summed E-state index contributed by atoms with van der Waals surface area (Å²) in [5.74, 6) is -0.416. The number of carbonyl (C=O) groups excluding carboxylic acids is 2. The van der Waals surface area contributed by atoms with Crippen LogP contribution in [0, 0.1) is 0 Å². The first-order chi connectivity index (χ1) is 17.9. The molecule has 0 saturated carbocycles. The van der Waals surface area contributed by atoms with Gasteiger partial charge in [0.05, 0.1) is 0 Å². The van der Waals surface area contributed by atoms with Gasteiger partial charge in [-0.1, -0.05) is 103 Å². The first-order valence-electron chi connectivity index (χ1n) is 15.0. The van der Waals surface area contributed by atoms with Crippen molar-refractivity contribution >= 4 is 29.5 Å². The average molecular weight is 544 g/mol. The van der Waals surface area contributed by atoms with Gasteiger partial charge in [-0.2, -0.15) is 11.8 Å². The molecule has 0 aromatic heterocycles. The van der Waals surface area contributed by atoms with Crippen molar-refractivity contribution in [2.75, 3.05) is 18.1 Å². The Morgan fingerprint density at radius 3 is 1.62 bits per heavy atom. The molecule has 218 valence electrons. The minimum atomic E-state index is -1.06. The highest BCUT2D eigenvalue weighted by molar-refractivity contribution is 7.99. The standard InChI is InChI=1S/C29H57N3O4S/c1-3-4-5-6-7-8-9-10-11-12-13-14-15-16-17-20-23-37-24-27(31-25(2)33)28(34)32-26(29(35)36)21-18-19-22-30/h26-27H,3-24,30H2,1-2H3,(H,31,33)(H,32,34)(H,35,36)/t26-,27+/m0/s1. The second-order valence-corrected chi connectivity index (χ2v) is 11.5. The number of amides is 2. The number of thioether (sulfide) groups is 1. The lowest BCUT2D eigenvalue weighted by Crippen LogP contribution is -2.52. The highest BCUT2D eigenvalue weighted by Crippen LogP contribution is 2.15. The Hall–Kier alpha value is -1.28. The molecule has 0 heterocycles. The first kappa shape index (κ1) is 35.7. The van der Waals surface area contributed by atoms with Crippen molar-refractivity contribution in [1.29, 1.82) is 0 Å². The number of nitrogens with one attached hydrogen (secondary N) is 2. The molecule has 0 unspecified atom stereocenters. The summed E-state index contributed by atoms with van der Waals surface area (Å²) in [6.07, 6.45) is 23.1. The van der Waals surface area contributed by atoms with Gasteiger partial charge in [-0.15, -0.1) is 0 Å². The molecule has 0 aliphatic heterocycles. The fourth-order valence-corrected chi connectivity index (χ4v) is 5.45. The van der Waals surface area contributed by atoms with Gasteiger partial charge in [-0.3, -0.25) is 9.59 Å². The second-order valence-electron chi connectivity index (χ2n) is 10.3. The maximum atomic E-state index is 12.6. The second kappa shape index (κ2) is 26.3. The smallest absolute Gasteiger partial charge is 0.326 e. The third-order valence-electron chi connectivity index (χ3n) is 6.68. The van der Waals surface area contributed by atoms with Gasteiger partial charge in [-0.05, 0) is 38.0 Å². The van der Waals surface area contributed by atoms with Crippen molar-refractivity contribution in [1.82, 2.24) is 10.6 Å². The van der Waals surface area contributed by atoms with E-state index >= 15 is 0 Å². The zero-order valence-electron chi connectivity index (χ0n) is 23.9. The molecule has 0 aliphatic carbocycles. The zero-order valence-corrected chi connectivity index (χ0v) is 24.7. The third-order valence-corrected chi connectivity index (χ3v) is 7.83. The van der Waals surface area contributed by atoms with E-state index in [0.717, 1.165) is 12.2 Å². The largest absolute Gasteiger partial charge is 0.480 e. The number of rotatable bonds is 27. The van der Waals surface area contributed by atoms with E-state index in [1.807, 2.05) is 0 Å². The Kier molecular flexibility index (Phi) is 25.4. The maximum absolute atomic E-state index is 12.6. The van der Waals surface area contributed by atoms with Crippen LogP contribution >= 0.6 is 11.8 Å². The summed E-state index contributed by atoms with van der Waals surface area (Å²) in [4.78, 5) is 35.6. The molecule has 0 aromatic carbocycles. The van der Waals surface area contributed by atoms with Crippen LogP contribution in [0.25, 0.3) is 0 Å². The molecule has 0 fully saturated rings. The Balaban J connectivity index is 3.83. The van der Waals surface area contributed by atoms with Gasteiger partial charge >= 0.3 is 5.97 Å². The van der Waals surface area contributed by atoms with Gasteiger partial charge in [0, 0.05) is 12.7 Å². The summed E-state index contributed by atoms with van der Waals surface area (Å²) in [7, 11) is 0. The van der Waals surface area contributed by atoms with Crippen LogP contribution in [-0.4, -0.2) is 53.0 Å². The molecule has 0 bridgehead atoms. The number of carboxylic acids is 1. The monoisotopic (exact) mass is 543 g/mol. The van der Waals surface area contributed by atoms with E-state index in [4.69, 9.17) is 5.73 Å². The van der Waals surface area contributed by atoms with E-state index in [0.29, 0.717) is 31.6 Å². The van der Waals surface area contributed by atoms with Gasteiger partial charge in [0.1, 0.15) is 12.1 Å². The van der Waals surface area contributed by atoms with Gasteiger partial charge in [-0.25, -0.2) is 4.79 Å². The summed E-state index contributed by atoms with van der Waals surface area (Å²) < 4.78 is 0. The summed E-state index contributed by atoms with van der Waals surface area (Å²) in [6.45, 7) is 4.13. The summed E-state index contributed by atoms with van der Waals surface area (Å²) in [5, 5.41) is 14.6. The first-order valence-corrected chi connectivity index (χ1v) is 16.2. The van der Waals surface area contributed by atoms with Crippen molar-refractivity contribution in [3.05, 3.63) is 0 Å². The van der Waals surface area contributed by atoms with Crippen LogP contribution in [0.3, 0.4) is 0 Å². The van der Waals surface area contributed by atoms with Crippen molar-refractivity contribution in [2.24, 2.45) is 5.73 Å². The highest BCUT2D eigenvalue weighted by Gasteiger charge is 2.25. The lowest BCUT2D eigenvalue weighted by atomic mass is 10.0. The van der Waals surface area contributed by atoms with Crippen LogP contribution < -0.4 is 16.4 Å². The number of aliphatic carboxylic acids is 1. The van der Waals surface area contributed by atoms with Crippen LogP contribution in [-0.2, 0) is 14.4 Å². The molecule has 5 N–H and O–H groups in total. The van der Waals surface area contributed by atoms with Crippen molar-refractivity contribution in [3.8, 4) is 0 Å². The van der Waals surface area contributed by atoms with Crippen LogP contribution in [0.2, 0.25) is 0 Å². The van der Waals surface area contributed by atoms with Gasteiger partial charge < -0.3 is 21.5 Å². The predicted molar refractivity (Wildman–Crippen MR) is 157 cm³/mol. The molecule has 2 atom stereocenters. The van der Waals surface area contributed by atoms with E-state index in [-0.39, 0.29) is 5.91 Å². The Morgan fingerprint density at radius 2 is 1.19 bits per heavy atom. The molecular formula is C29H57N3O4S. The van der Waals surface area contributed by atoms with E-state index in [1.165, 1.54) is 103 Å². The van der Waals surface area contributed by atoms with E-state index in [1.54, 1.807) is 11.8 Å². The molecule has 0 aromatic rings. The Bertz CT molecular complexity index is 577. The van der Waals surface area contributed by atoms with Crippen LogP contribution in [0.4, 0.5) is 0 Å². The Labute approximate surface area is 231 Å². The third kappa shape index (κ3) is 23.6. The topological polar surface area (TPSA) is 122 Å². The minimum Gasteiger partial charge on any atom is -0.480 e. The molecular weight excluding hydrogens is 486 g/mol. The lowest BCUT2D eigenvalue weighted by Gasteiger charge is -2.21. The van der Waals surface area contributed by atoms with Gasteiger partial charge in [0.2, 0.25) is 11.8 Å². The SMILES string of the molecule is CCCCCCCCCCCCCCCCCCSC[C@@H](NC(C)=O)C(=O)N[C@@H](CCCCN)C(=O)O. The number of hydrogen-bond donors (Lipinski definition) is 4. The normalized spacial score (nSPS) is 12.7. The summed E-state index contributed by atoms with van der Waals surface area (Å²) in [6, 6.07) is -1.68. The molecule has 8 heteroatoms. The molecule has 0 saturated heterocycles. The molecule has 2 amide bonds. The van der Waals surface area contributed by atoms with Gasteiger partial charge in [0.25, 0.3) is 0 Å². The predicted octanol–water partition coefficient (Wildman–Crippen LogP) is 6.18. The molecule has 0 rings (SSSR count). The molecule has 0 aliphatic rings. The molecule has 37 heavy (non-hydrogen) atoms. The lowest BCUT2D eigenvalue weighted by molar-refractivity contribution is -0.142. The number of hydrogen-bond acceptors (Lipinski definition) is 5. The zero-order chi connectivity index (χ0) is 27.6. The van der Waals surface area contributed by atoms with Crippen molar-refractivity contribution in [3.63, 3.8) is 0 Å². The van der Waals surface area contributed by atoms with Crippen molar-refractivity contribution < 1.29 is 19.5 Å². The minimum absolute atomic E-state index is 0.293. The number of carboxylic acid groups (broad SMARTS) is 1. The highest BCUT2D eigenvalue weighted by atomic mass is 32.2. The Morgan fingerprint density at radius 1 is 0.703 bits per heavy atom. The van der Waals surface area contributed by atoms with Crippen LogP contribution in [0.1, 0.15) is 136 Å². The van der Waals surface area contributed by atoms with E-state index in [9.17, 15) is 19.5 Å². The van der Waals surface area contributed by atoms with E-state index < -0.39 is 24.0 Å². The van der Waals surface area contributed by atoms with E-state index in [2.05, 4.69) is 17.6 Å². The summed E-state index contributed by atoms with van der Waals surface area (Å²) >= 11 is 1.64. The molecule has 0 radical (unpaired) electrons. The van der Waals surface area contributed by atoms with Crippen LogP contribution in [0.15, 0.2) is 0 Å². The molecule has 0 spiro atoms. The average Bonchev–Trinajstić information content (AvgIpc) is 2.86. The molecule has 7 nitrogen and oxygen atoms in total. The number of carbonyl (C=O) groups is 3. The maximum Gasteiger partial charge on any atom is 0.326 e. The van der Waals surface area contributed by atoms with Gasteiger partial charge in [0.15, 0.2) is 0 Å².